The SMILES string of the molecule is CC1CCCN(C(=O)NC2(C(=O)O)CCCC2)CC1. The van der Waals surface area contributed by atoms with Gasteiger partial charge in [-0.3, -0.25) is 0 Å². The lowest BCUT2D eigenvalue weighted by molar-refractivity contribution is -0.144. The Morgan fingerprint density at radius 3 is 2.47 bits per heavy atom. The molecule has 1 saturated heterocycles. The molecule has 0 aromatic heterocycles. The molecule has 0 aromatic rings. The van der Waals surface area contributed by atoms with Gasteiger partial charge in [0.1, 0.15) is 5.54 Å². The summed E-state index contributed by atoms with van der Waals surface area (Å²) in [5.41, 5.74) is -1.02. The minimum Gasteiger partial charge on any atom is -0.480 e. The number of carboxylic acid groups (broad SMARTS) is 1. The van der Waals surface area contributed by atoms with Crippen molar-refractivity contribution in [2.24, 2.45) is 5.92 Å². The molecule has 1 saturated carbocycles. The summed E-state index contributed by atoms with van der Waals surface area (Å²) in [4.78, 5) is 25.5. The topological polar surface area (TPSA) is 69.6 Å². The van der Waals surface area contributed by atoms with Crippen LogP contribution >= 0.6 is 0 Å². The van der Waals surface area contributed by atoms with Crippen molar-refractivity contribution in [3.63, 3.8) is 0 Å². The van der Waals surface area contributed by atoms with Gasteiger partial charge in [0.2, 0.25) is 0 Å². The highest BCUT2D eigenvalue weighted by Gasteiger charge is 2.43. The average Bonchev–Trinajstić information content (AvgIpc) is 2.72. The number of rotatable bonds is 2. The lowest BCUT2D eigenvalue weighted by Gasteiger charge is -2.29. The molecule has 2 rings (SSSR count). The Bertz CT molecular complexity index is 351. The Morgan fingerprint density at radius 2 is 1.84 bits per heavy atom. The number of amides is 2. The molecule has 5 nitrogen and oxygen atoms in total. The molecular weight excluding hydrogens is 244 g/mol. The number of carbonyl (C=O) groups is 2. The molecule has 1 heterocycles. The van der Waals surface area contributed by atoms with Gasteiger partial charge in [-0.2, -0.15) is 0 Å². The van der Waals surface area contributed by atoms with E-state index in [1.807, 2.05) is 0 Å². The molecule has 2 fully saturated rings. The molecule has 2 amide bonds. The fourth-order valence-corrected chi connectivity index (χ4v) is 3.12. The van der Waals surface area contributed by atoms with E-state index in [2.05, 4.69) is 12.2 Å². The molecule has 1 atom stereocenters. The Labute approximate surface area is 114 Å². The third-order valence-corrected chi connectivity index (χ3v) is 4.52. The lowest BCUT2D eigenvalue weighted by atomic mass is 9.98. The molecule has 19 heavy (non-hydrogen) atoms. The van der Waals surface area contributed by atoms with Crippen LogP contribution in [0.1, 0.15) is 51.9 Å². The van der Waals surface area contributed by atoms with Gasteiger partial charge in [0.05, 0.1) is 0 Å². The van der Waals surface area contributed by atoms with E-state index in [9.17, 15) is 14.7 Å². The maximum Gasteiger partial charge on any atom is 0.329 e. The molecular formula is C14H24N2O3. The minimum atomic E-state index is -1.02. The summed E-state index contributed by atoms with van der Waals surface area (Å²) in [6.07, 6.45) is 6.03. The number of nitrogens with one attached hydrogen (secondary N) is 1. The Kier molecular flexibility index (Phi) is 4.32. The van der Waals surface area contributed by atoms with Crippen LogP contribution in [0.15, 0.2) is 0 Å². The van der Waals surface area contributed by atoms with Crippen LogP contribution in [0.2, 0.25) is 0 Å². The van der Waals surface area contributed by atoms with E-state index >= 15 is 0 Å². The molecule has 108 valence electrons. The molecule has 5 heteroatoms. The Hall–Kier alpha value is -1.26. The van der Waals surface area contributed by atoms with E-state index in [1.54, 1.807) is 4.90 Å². The molecule has 0 spiro atoms. The zero-order chi connectivity index (χ0) is 13.9. The van der Waals surface area contributed by atoms with Crippen molar-refractivity contribution >= 4 is 12.0 Å². The fraction of sp³-hybridized carbons (Fsp3) is 0.857. The molecule has 1 aliphatic heterocycles. The van der Waals surface area contributed by atoms with E-state index < -0.39 is 11.5 Å². The summed E-state index contributed by atoms with van der Waals surface area (Å²) in [6.45, 7) is 3.69. The second-order valence-electron chi connectivity index (χ2n) is 6.05. The number of carboxylic acids is 1. The van der Waals surface area contributed by atoms with E-state index in [0.717, 1.165) is 45.2 Å². The second kappa shape index (κ2) is 5.80. The third kappa shape index (κ3) is 3.19. The smallest absolute Gasteiger partial charge is 0.329 e. The zero-order valence-electron chi connectivity index (χ0n) is 11.7. The first kappa shape index (κ1) is 14.2. The van der Waals surface area contributed by atoms with Gasteiger partial charge in [-0.15, -0.1) is 0 Å². The third-order valence-electron chi connectivity index (χ3n) is 4.52. The number of aliphatic carboxylic acids is 1. The van der Waals surface area contributed by atoms with Gasteiger partial charge >= 0.3 is 12.0 Å². The van der Waals surface area contributed by atoms with Crippen molar-refractivity contribution in [2.45, 2.75) is 57.4 Å². The van der Waals surface area contributed by atoms with Crippen LogP contribution in [0.4, 0.5) is 4.79 Å². The summed E-state index contributed by atoms with van der Waals surface area (Å²) in [5, 5.41) is 12.2. The van der Waals surface area contributed by atoms with Crippen molar-refractivity contribution in [2.75, 3.05) is 13.1 Å². The van der Waals surface area contributed by atoms with Crippen molar-refractivity contribution < 1.29 is 14.7 Å². The molecule has 0 bridgehead atoms. The maximum absolute atomic E-state index is 12.3. The lowest BCUT2D eigenvalue weighted by Crippen LogP contribution is -2.56. The van der Waals surface area contributed by atoms with Crippen LogP contribution in [0.25, 0.3) is 0 Å². The summed E-state index contributed by atoms with van der Waals surface area (Å²) in [5.74, 6) is -0.237. The van der Waals surface area contributed by atoms with E-state index in [-0.39, 0.29) is 6.03 Å². The normalized spacial score (nSPS) is 26.8. The fourth-order valence-electron chi connectivity index (χ4n) is 3.12. The van der Waals surface area contributed by atoms with Gasteiger partial charge in [0, 0.05) is 13.1 Å². The number of carbonyl (C=O) groups excluding carboxylic acids is 1. The molecule has 1 aliphatic carbocycles. The monoisotopic (exact) mass is 268 g/mol. The molecule has 0 radical (unpaired) electrons. The largest absolute Gasteiger partial charge is 0.480 e. The van der Waals surface area contributed by atoms with Crippen LogP contribution in [0.5, 0.6) is 0 Å². The number of hydrogen-bond donors (Lipinski definition) is 2. The first-order chi connectivity index (χ1) is 9.03. The van der Waals surface area contributed by atoms with Gasteiger partial charge < -0.3 is 15.3 Å². The van der Waals surface area contributed by atoms with Gasteiger partial charge in [-0.25, -0.2) is 9.59 Å². The second-order valence-corrected chi connectivity index (χ2v) is 6.05. The number of likely N-dealkylation sites (tertiary alicyclic amines) is 1. The molecule has 2 N–H and O–H groups in total. The highest BCUT2D eigenvalue weighted by Crippen LogP contribution is 2.30. The van der Waals surface area contributed by atoms with E-state index in [0.29, 0.717) is 18.8 Å². The predicted molar refractivity (Wildman–Crippen MR) is 72.0 cm³/mol. The Morgan fingerprint density at radius 1 is 1.16 bits per heavy atom. The predicted octanol–water partition coefficient (Wildman–Crippen LogP) is 2.22. The average molecular weight is 268 g/mol. The van der Waals surface area contributed by atoms with Crippen LogP contribution in [0.3, 0.4) is 0 Å². The Balaban J connectivity index is 1.97. The van der Waals surface area contributed by atoms with Gasteiger partial charge in [-0.1, -0.05) is 19.8 Å². The van der Waals surface area contributed by atoms with E-state index in [1.165, 1.54) is 0 Å². The summed E-state index contributed by atoms with van der Waals surface area (Å²) in [7, 11) is 0. The quantitative estimate of drug-likeness (QED) is 0.806. The molecule has 2 aliphatic rings. The number of hydrogen-bond acceptors (Lipinski definition) is 2. The maximum atomic E-state index is 12.3. The number of nitrogens with zero attached hydrogens (tertiary/aromatic N) is 1. The molecule has 1 unspecified atom stereocenters. The minimum absolute atomic E-state index is 0.196. The van der Waals surface area contributed by atoms with Gasteiger partial charge in [0.15, 0.2) is 0 Å². The summed E-state index contributed by atoms with van der Waals surface area (Å²) in [6, 6.07) is -0.196. The zero-order valence-corrected chi connectivity index (χ0v) is 11.7. The summed E-state index contributed by atoms with van der Waals surface area (Å²) >= 11 is 0. The highest BCUT2D eigenvalue weighted by atomic mass is 16.4. The van der Waals surface area contributed by atoms with E-state index in [4.69, 9.17) is 0 Å². The van der Waals surface area contributed by atoms with Crippen molar-refractivity contribution in [3.05, 3.63) is 0 Å². The van der Waals surface area contributed by atoms with Crippen molar-refractivity contribution in [1.29, 1.82) is 0 Å². The first-order valence-corrected chi connectivity index (χ1v) is 7.34. The number of urea groups is 1. The van der Waals surface area contributed by atoms with Crippen LogP contribution in [-0.4, -0.2) is 40.6 Å². The standard InChI is InChI=1S/C14H24N2O3/c1-11-5-4-9-16(10-6-11)13(19)15-14(12(17)18)7-2-3-8-14/h11H,2-10H2,1H3,(H,15,19)(H,17,18). The van der Waals surface area contributed by atoms with Crippen LogP contribution in [-0.2, 0) is 4.79 Å². The first-order valence-electron chi connectivity index (χ1n) is 7.34. The highest BCUT2D eigenvalue weighted by molar-refractivity contribution is 5.86. The molecule has 0 aromatic carbocycles. The van der Waals surface area contributed by atoms with Crippen LogP contribution in [0, 0.1) is 5.92 Å². The van der Waals surface area contributed by atoms with Crippen LogP contribution < -0.4 is 5.32 Å². The van der Waals surface area contributed by atoms with Crippen molar-refractivity contribution in [1.82, 2.24) is 10.2 Å². The summed E-state index contributed by atoms with van der Waals surface area (Å²) < 4.78 is 0. The van der Waals surface area contributed by atoms with Gasteiger partial charge in [-0.05, 0) is 38.0 Å². The van der Waals surface area contributed by atoms with Gasteiger partial charge in [0.25, 0.3) is 0 Å². The van der Waals surface area contributed by atoms with Crippen molar-refractivity contribution in [3.8, 4) is 0 Å².